The Hall–Kier alpha value is -0.330. The average molecular weight is 102 g/mol. The molecule has 0 radical (unpaired) electrons. The molecule has 0 aromatic rings. The first-order valence-corrected chi connectivity index (χ1v) is 2.29. The maximum Gasteiger partial charge on any atom is 0.106 e. The molecule has 0 bridgehead atoms. The van der Waals surface area contributed by atoms with Gasteiger partial charge in [0, 0.05) is 0 Å². The Balaban J connectivity index is 0. The van der Waals surface area contributed by atoms with Crippen molar-refractivity contribution in [1.29, 1.82) is 0 Å². The van der Waals surface area contributed by atoms with Crippen LogP contribution in [0.15, 0.2) is 0 Å². The second-order valence-electron chi connectivity index (χ2n) is 3.00. The third-order valence-electron chi connectivity index (χ3n) is 0. The van der Waals surface area contributed by atoms with E-state index in [2.05, 4.69) is 27.7 Å². The number of carbonyl (C=O) groups excluding carboxylic acids is 1. The summed E-state index contributed by atoms with van der Waals surface area (Å²) in [6.07, 6.45) is 0. The van der Waals surface area contributed by atoms with Crippen molar-refractivity contribution in [2.75, 3.05) is 0 Å². The van der Waals surface area contributed by atoms with Crippen LogP contribution in [0, 0.1) is 5.41 Å². The number of rotatable bonds is 0. The molecule has 44 valence electrons. The van der Waals surface area contributed by atoms with Gasteiger partial charge in [-0.25, -0.2) is 0 Å². The Labute approximate surface area is 45.7 Å². The Kier molecular flexibility index (Phi) is 5.40. The van der Waals surface area contributed by atoms with E-state index in [1.165, 1.54) is 0 Å². The molecule has 0 heterocycles. The Bertz CT molecular complexity index is 27.9. The monoisotopic (exact) mass is 102 g/mol. The van der Waals surface area contributed by atoms with Gasteiger partial charge in [-0.15, -0.1) is 0 Å². The fourth-order valence-corrected chi connectivity index (χ4v) is 0. The van der Waals surface area contributed by atoms with Gasteiger partial charge in [0.25, 0.3) is 0 Å². The molecule has 0 aromatic heterocycles. The smallest absolute Gasteiger partial charge is 0.106 e. The predicted molar refractivity (Wildman–Crippen MR) is 32.2 cm³/mol. The fraction of sp³-hybridized carbons (Fsp3) is 0.833. The van der Waals surface area contributed by atoms with Gasteiger partial charge in [-0.3, -0.25) is 0 Å². The molecule has 0 fully saturated rings. The van der Waals surface area contributed by atoms with Crippen LogP contribution in [0.25, 0.3) is 0 Å². The summed E-state index contributed by atoms with van der Waals surface area (Å²) in [7, 11) is 0. The molecule has 0 aliphatic rings. The summed E-state index contributed by atoms with van der Waals surface area (Å²) in [5.41, 5.74) is 0.500. The van der Waals surface area contributed by atoms with E-state index in [0.29, 0.717) is 5.41 Å². The number of hydrogen-bond acceptors (Lipinski definition) is 1. The molecular formula is C6H14O. The minimum atomic E-state index is 0.500. The molecule has 0 atom stereocenters. The van der Waals surface area contributed by atoms with Crippen LogP contribution in [0.5, 0.6) is 0 Å². The maximum absolute atomic E-state index is 8.00. The molecule has 0 aliphatic heterocycles. The van der Waals surface area contributed by atoms with Gasteiger partial charge in [-0.1, -0.05) is 27.7 Å². The lowest BCUT2D eigenvalue weighted by Gasteiger charge is -2.05. The largest absolute Gasteiger partial charge is 0.307 e. The minimum Gasteiger partial charge on any atom is -0.307 e. The van der Waals surface area contributed by atoms with E-state index in [0.717, 1.165) is 0 Å². The molecule has 7 heavy (non-hydrogen) atoms. The second kappa shape index (κ2) is 3.85. The van der Waals surface area contributed by atoms with Crippen LogP contribution in [0.1, 0.15) is 27.7 Å². The van der Waals surface area contributed by atoms with Crippen LogP contribution in [0.3, 0.4) is 0 Å². The van der Waals surface area contributed by atoms with Gasteiger partial charge in [0.1, 0.15) is 6.79 Å². The third-order valence-corrected chi connectivity index (χ3v) is 0. The van der Waals surface area contributed by atoms with E-state index in [1.807, 2.05) is 6.79 Å². The van der Waals surface area contributed by atoms with Crippen molar-refractivity contribution >= 4 is 6.79 Å². The summed E-state index contributed by atoms with van der Waals surface area (Å²) in [4.78, 5) is 8.00. The Morgan fingerprint density at radius 2 is 1.00 bits per heavy atom. The van der Waals surface area contributed by atoms with Crippen molar-refractivity contribution in [3.05, 3.63) is 0 Å². The zero-order chi connectivity index (χ0) is 6.50. The summed E-state index contributed by atoms with van der Waals surface area (Å²) in [6, 6.07) is 0. The molecule has 0 N–H and O–H groups in total. The lowest BCUT2D eigenvalue weighted by atomic mass is 10.0. The van der Waals surface area contributed by atoms with Gasteiger partial charge in [0.15, 0.2) is 0 Å². The van der Waals surface area contributed by atoms with Crippen LogP contribution in [-0.4, -0.2) is 6.79 Å². The molecule has 0 saturated heterocycles. The second-order valence-corrected chi connectivity index (χ2v) is 3.00. The molecule has 0 amide bonds. The van der Waals surface area contributed by atoms with E-state index in [1.54, 1.807) is 0 Å². The van der Waals surface area contributed by atoms with Crippen molar-refractivity contribution in [3.8, 4) is 0 Å². The molecule has 0 unspecified atom stereocenters. The highest BCUT2D eigenvalue weighted by molar-refractivity contribution is 5.10. The zero-order valence-electron chi connectivity index (χ0n) is 5.62. The van der Waals surface area contributed by atoms with Crippen LogP contribution < -0.4 is 0 Å². The maximum atomic E-state index is 8.00. The van der Waals surface area contributed by atoms with E-state index in [9.17, 15) is 0 Å². The van der Waals surface area contributed by atoms with Gasteiger partial charge >= 0.3 is 0 Å². The van der Waals surface area contributed by atoms with Crippen molar-refractivity contribution in [2.24, 2.45) is 5.41 Å². The lowest BCUT2D eigenvalue weighted by molar-refractivity contribution is -0.0979. The molecule has 0 spiro atoms. The zero-order valence-corrected chi connectivity index (χ0v) is 5.62. The summed E-state index contributed by atoms with van der Waals surface area (Å²) >= 11 is 0. The van der Waals surface area contributed by atoms with E-state index in [4.69, 9.17) is 4.79 Å². The van der Waals surface area contributed by atoms with Crippen molar-refractivity contribution in [3.63, 3.8) is 0 Å². The Morgan fingerprint density at radius 1 is 1.00 bits per heavy atom. The van der Waals surface area contributed by atoms with E-state index < -0.39 is 0 Å². The fourth-order valence-electron chi connectivity index (χ4n) is 0. The third kappa shape index (κ3) is 701. The van der Waals surface area contributed by atoms with Gasteiger partial charge < -0.3 is 4.79 Å². The normalized spacial score (nSPS) is 9.14. The first-order valence-electron chi connectivity index (χ1n) is 2.29. The van der Waals surface area contributed by atoms with Crippen LogP contribution in [-0.2, 0) is 4.79 Å². The van der Waals surface area contributed by atoms with Crippen molar-refractivity contribution in [1.82, 2.24) is 0 Å². The predicted octanol–water partition coefficient (Wildman–Crippen LogP) is 1.87. The highest BCUT2D eigenvalue weighted by Gasteiger charge is 1.95. The van der Waals surface area contributed by atoms with Crippen LogP contribution >= 0.6 is 0 Å². The van der Waals surface area contributed by atoms with E-state index >= 15 is 0 Å². The van der Waals surface area contributed by atoms with E-state index in [-0.39, 0.29) is 0 Å². The molecule has 1 heteroatoms. The van der Waals surface area contributed by atoms with Crippen LogP contribution in [0.2, 0.25) is 0 Å². The molecule has 0 aliphatic carbocycles. The van der Waals surface area contributed by atoms with Crippen molar-refractivity contribution < 1.29 is 4.79 Å². The van der Waals surface area contributed by atoms with Gasteiger partial charge in [-0.2, -0.15) is 0 Å². The van der Waals surface area contributed by atoms with Gasteiger partial charge in [0.05, 0.1) is 0 Å². The Morgan fingerprint density at radius 3 is 1.00 bits per heavy atom. The highest BCUT2D eigenvalue weighted by atomic mass is 16.1. The number of carbonyl (C=O) groups is 1. The average Bonchev–Trinajstić information content (AvgIpc) is 1.36. The van der Waals surface area contributed by atoms with Gasteiger partial charge in [0.2, 0.25) is 0 Å². The molecule has 0 saturated carbocycles. The number of hydrogen-bond donors (Lipinski definition) is 0. The molecule has 1 nitrogen and oxygen atoms in total. The lowest BCUT2D eigenvalue weighted by Crippen LogP contribution is -1.93. The highest BCUT2D eigenvalue weighted by Crippen LogP contribution is 2.07. The van der Waals surface area contributed by atoms with Crippen molar-refractivity contribution in [2.45, 2.75) is 27.7 Å². The summed E-state index contributed by atoms with van der Waals surface area (Å²) in [5.74, 6) is 0. The first-order chi connectivity index (χ1) is 3.00. The summed E-state index contributed by atoms with van der Waals surface area (Å²) in [6.45, 7) is 10.8. The van der Waals surface area contributed by atoms with Gasteiger partial charge in [-0.05, 0) is 5.41 Å². The first kappa shape index (κ1) is 9.83. The summed E-state index contributed by atoms with van der Waals surface area (Å²) in [5, 5.41) is 0. The molecular weight excluding hydrogens is 88.1 g/mol. The summed E-state index contributed by atoms with van der Waals surface area (Å²) < 4.78 is 0. The topological polar surface area (TPSA) is 17.1 Å². The standard InChI is InChI=1S/C5H12.CH2O/c1-5(2,3)4;1-2/h1-4H3;1H2. The van der Waals surface area contributed by atoms with Crippen LogP contribution in [0.4, 0.5) is 0 Å². The molecule has 0 rings (SSSR count). The minimum absolute atomic E-state index is 0.500. The molecule has 0 aromatic carbocycles. The quantitative estimate of drug-likeness (QED) is 0.456. The SMILES string of the molecule is C=O.CC(C)(C)C.